The van der Waals surface area contributed by atoms with Gasteiger partial charge in [-0.25, -0.2) is 0 Å². The van der Waals surface area contributed by atoms with Crippen molar-refractivity contribution in [1.82, 2.24) is 19.4 Å². The summed E-state index contributed by atoms with van der Waals surface area (Å²) in [5.74, 6) is -0.688. The second-order valence-corrected chi connectivity index (χ2v) is 8.70. The van der Waals surface area contributed by atoms with Crippen molar-refractivity contribution < 1.29 is 42.1 Å². The summed E-state index contributed by atoms with van der Waals surface area (Å²) in [6.07, 6.45) is -2.33. The summed E-state index contributed by atoms with van der Waals surface area (Å²) in [7, 11) is 3.01. The molecule has 3 rings (SSSR count). The summed E-state index contributed by atoms with van der Waals surface area (Å²) in [5.41, 5.74) is 1.62. The van der Waals surface area contributed by atoms with E-state index >= 15 is 0 Å². The molecule has 2 amide bonds. The maximum Gasteiger partial charge on any atom is 0.573 e. The third-order valence-electron chi connectivity index (χ3n) is 5.54. The number of carbonyl (C=O) groups excluding carboxylic acids is 2. The topological polar surface area (TPSA) is 119 Å². The molecule has 40 heavy (non-hydrogen) atoms. The predicted octanol–water partition coefficient (Wildman–Crippen LogP) is 3.04. The number of halogens is 3. The average molecular weight is 566 g/mol. The van der Waals surface area contributed by atoms with Crippen molar-refractivity contribution >= 4 is 18.1 Å². The molecule has 14 heteroatoms. The number of carbonyl (C=O) groups is 2. The molecule has 1 N–H and O–H groups in total. The molecular formula is C26H30F3N5O6. The fourth-order valence-corrected chi connectivity index (χ4v) is 3.60. The van der Waals surface area contributed by atoms with Crippen LogP contribution in [0.3, 0.4) is 0 Å². The minimum absolute atomic E-state index is 0.0148. The van der Waals surface area contributed by atoms with Gasteiger partial charge < -0.3 is 29.1 Å². The molecule has 2 heterocycles. The first-order valence-corrected chi connectivity index (χ1v) is 12.2. The number of amides is 2. The van der Waals surface area contributed by atoms with Crippen LogP contribution in [0, 0.1) is 6.92 Å². The Hall–Kier alpha value is -4.33. The van der Waals surface area contributed by atoms with Gasteiger partial charge in [0.1, 0.15) is 24.7 Å². The van der Waals surface area contributed by atoms with Gasteiger partial charge in [0.15, 0.2) is 11.5 Å². The van der Waals surface area contributed by atoms with E-state index in [2.05, 4.69) is 14.7 Å². The fraction of sp³-hybridized carbons (Fsp3) is 0.385. The van der Waals surface area contributed by atoms with E-state index in [1.165, 1.54) is 28.6 Å². The number of ether oxygens (including phenoxy) is 3. The Morgan fingerprint density at radius 1 is 1.12 bits per heavy atom. The second kappa shape index (κ2) is 13.6. The number of pyridine rings is 1. The summed E-state index contributed by atoms with van der Waals surface area (Å²) in [4.78, 5) is 36.3. The van der Waals surface area contributed by atoms with Gasteiger partial charge in [0.05, 0.1) is 6.54 Å². The van der Waals surface area contributed by atoms with Gasteiger partial charge in [-0.3, -0.25) is 19.1 Å². The van der Waals surface area contributed by atoms with Gasteiger partial charge in [0.2, 0.25) is 6.41 Å². The summed E-state index contributed by atoms with van der Waals surface area (Å²) in [5, 5.41) is 9.19. The SMILES string of the molecule is Cc1ccc(Cn2c(OCCOc3cccc(OC(F)(F)F)c3)nc(N(C)C=O)c2C(=O)N(C)CCCO)cn1. The lowest BCUT2D eigenvalue weighted by Gasteiger charge is -2.20. The van der Waals surface area contributed by atoms with Crippen molar-refractivity contribution in [2.45, 2.75) is 26.3 Å². The van der Waals surface area contributed by atoms with Gasteiger partial charge in [-0.1, -0.05) is 12.1 Å². The number of anilines is 1. The number of aliphatic hydroxyl groups excluding tert-OH is 1. The number of aryl methyl sites for hydroxylation is 1. The summed E-state index contributed by atoms with van der Waals surface area (Å²) < 4.78 is 54.3. The van der Waals surface area contributed by atoms with Gasteiger partial charge in [-0.15, -0.1) is 13.2 Å². The van der Waals surface area contributed by atoms with Crippen LogP contribution in [0.4, 0.5) is 19.0 Å². The highest BCUT2D eigenvalue weighted by atomic mass is 19.4. The highest BCUT2D eigenvalue weighted by Crippen LogP contribution is 2.28. The van der Waals surface area contributed by atoms with Crippen LogP contribution >= 0.6 is 0 Å². The molecule has 0 radical (unpaired) electrons. The number of alkyl halides is 3. The number of aliphatic hydroxyl groups is 1. The molecule has 0 aliphatic rings. The lowest BCUT2D eigenvalue weighted by Crippen LogP contribution is -2.32. The Kier molecular flexibility index (Phi) is 10.3. The molecule has 0 saturated heterocycles. The number of rotatable bonds is 14. The van der Waals surface area contributed by atoms with Crippen LogP contribution in [0.2, 0.25) is 0 Å². The molecule has 2 aromatic heterocycles. The first-order chi connectivity index (χ1) is 19.0. The molecule has 0 fully saturated rings. The molecule has 0 aliphatic heterocycles. The van der Waals surface area contributed by atoms with E-state index in [1.807, 2.05) is 19.1 Å². The molecule has 0 spiro atoms. The van der Waals surface area contributed by atoms with Gasteiger partial charge in [0.25, 0.3) is 11.9 Å². The molecule has 0 atom stereocenters. The number of hydrogen-bond acceptors (Lipinski definition) is 8. The quantitative estimate of drug-likeness (QED) is 0.234. The minimum atomic E-state index is -4.83. The second-order valence-electron chi connectivity index (χ2n) is 8.70. The van der Waals surface area contributed by atoms with E-state index in [0.29, 0.717) is 12.8 Å². The van der Waals surface area contributed by atoms with Crippen LogP contribution in [0.25, 0.3) is 0 Å². The third kappa shape index (κ3) is 8.33. The molecule has 11 nitrogen and oxygen atoms in total. The number of imidazole rings is 1. The van der Waals surface area contributed by atoms with E-state index in [1.54, 1.807) is 13.2 Å². The Balaban J connectivity index is 1.86. The molecule has 216 valence electrons. The lowest BCUT2D eigenvalue weighted by molar-refractivity contribution is -0.274. The standard InChI is InChI=1S/C26H30F3N5O6/c1-18-8-9-19(15-30-18)16-34-22(24(37)32(2)10-5-11-35)23(33(3)17-36)31-25(34)39-13-12-38-20-6-4-7-21(14-20)40-26(27,28)29/h4,6-9,14-15,17,35H,5,10-13,16H2,1-3H3. The highest BCUT2D eigenvalue weighted by molar-refractivity contribution is 5.99. The van der Waals surface area contributed by atoms with Crippen molar-refractivity contribution in [3.63, 3.8) is 0 Å². The smallest absolute Gasteiger partial charge is 0.490 e. The van der Waals surface area contributed by atoms with Crippen LogP contribution in [0.5, 0.6) is 17.5 Å². The van der Waals surface area contributed by atoms with Crippen LogP contribution < -0.4 is 19.1 Å². The van der Waals surface area contributed by atoms with Gasteiger partial charge in [-0.2, -0.15) is 4.98 Å². The normalized spacial score (nSPS) is 11.2. The molecule has 1 aromatic carbocycles. The minimum Gasteiger partial charge on any atom is -0.490 e. The Labute approximate surface area is 228 Å². The maximum atomic E-state index is 13.5. The van der Waals surface area contributed by atoms with E-state index in [-0.39, 0.29) is 56.2 Å². The van der Waals surface area contributed by atoms with Crippen molar-refractivity contribution in [2.24, 2.45) is 0 Å². The summed E-state index contributed by atoms with van der Waals surface area (Å²) in [6.45, 7) is 1.96. The molecular weight excluding hydrogens is 535 g/mol. The van der Waals surface area contributed by atoms with Gasteiger partial charge in [-0.05, 0) is 37.1 Å². The first kappa shape index (κ1) is 30.2. The van der Waals surface area contributed by atoms with Crippen LogP contribution in [-0.4, -0.2) is 83.7 Å². The fourth-order valence-electron chi connectivity index (χ4n) is 3.60. The van der Waals surface area contributed by atoms with Crippen LogP contribution in [-0.2, 0) is 11.3 Å². The summed E-state index contributed by atoms with van der Waals surface area (Å²) >= 11 is 0. The van der Waals surface area contributed by atoms with Crippen LogP contribution in [0.1, 0.15) is 28.2 Å². The van der Waals surface area contributed by atoms with Crippen molar-refractivity contribution in [1.29, 1.82) is 0 Å². The van der Waals surface area contributed by atoms with Gasteiger partial charge >= 0.3 is 6.36 Å². The molecule has 0 bridgehead atoms. The largest absolute Gasteiger partial charge is 0.573 e. The molecule has 0 aliphatic carbocycles. The lowest BCUT2D eigenvalue weighted by atomic mass is 10.2. The average Bonchev–Trinajstić information content (AvgIpc) is 3.27. The number of aromatic nitrogens is 3. The van der Waals surface area contributed by atoms with Crippen molar-refractivity contribution in [3.05, 3.63) is 59.5 Å². The highest BCUT2D eigenvalue weighted by Gasteiger charge is 2.31. The predicted molar refractivity (Wildman–Crippen MR) is 138 cm³/mol. The zero-order chi connectivity index (χ0) is 29.3. The summed E-state index contributed by atoms with van der Waals surface area (Å²) in [6, 6.07) is 8.71. The van der Waals surface area contributed by atoms with Crippen LogP contribution in [0.15, 0.2) is 42.6 Å². The van der Waals surface area contributed by atoms with E-state index in [0.717, 1.165) is 28.3 Å². The molecule has 0 unspecified atom stereocenters. The van der Waals surface area contributed by atoms with E-state index < -0.39 is 18.0 Å². The number of hydrogen-bond donors (Lipinski definition) is 1. The van der Waals surface area contributed by atoms with E-state index in [9.17, 15) is 27.9 Å². The molecule has 0 saturated carbocycles. The van der Waals surface area contributed by atoms with Crippen molar-refractivity contribution in [3.8, 4) is 17.5 Å². The monoisotopic (exact) mass is 565 g/mol. The maximum absolute atomic E-state index is 13.5. The van der Waals surface area contributed by atoms with Gasteiger partial charge in [0, 0.05) is 45.2 Å². The van der Waals surface area contributed by atoms with Crippen molar-refractivity contribution in [2.75, 3.05) is 45.4 Å². The van der Waals surface area contributed by atoms with E-state index in [4.69, 9.17) is 9.47 Å². The molecule has 3 aromatic rings. The third-order valence-corrected chi connectivity index (χ3v) is 5.54. The zero-order valence-electron chi connectivity index (χ0n) is 22.2. The number of benzene rings is 1. The Bertz CT molecular complexity index is 1280. The Morgan fingerprint density at radius 2 is 1.85 bits per heavy atom. The Morgan fingerprint density at radius 3 is 2.50 bits per heavy atom. The number of nitrogens with zero attached hydrogens (tertiary/aromatic N) is 5. The first-order valence-electron chi connectivity index (χ1n) is 12.2. The zero-order valence-corrected chi connectivity index (χ0v) is 22.2.